The van der Waals surface area contributed by atoms with Gasteiger partial charge in [-0.05, 0) is 32.9 Å². The fraction of sp³-hybridized carbons (Fsp3) is 0.571. The number of nitrogens with zero attached hydrogens (tertiary/aromatic N) is 3. The van der Waals surface area contributed by atoms with E-state index in [-0.39, 0.29) is 5.54 Å². The Hall–Kier alpha value is -1.62. The topological polar surface area (TPSA) is 55.9 Å². The SMILES string of the molecule is CCc1noc(Cn2cccc2CNC(C)(C)C)n1. The Balaban J connectivity index is 2.03. The van der Waals surface area contributed by atoms with Crippen LogP contribution in [0.4, 0.5) is 0 Å². The summed E-state index contributed by atoms with van der Waals surface area (Å²) in [7, 11) is 0. The largest absolute Gasteiger partial charge is 0.341 e. The van der Waals surface area contributed by atoms with E-state index >= 15 is 0 Å². The molecule has 5 heteroatoms. The van der Waals surface area contributed by atoms with Crippen LogP contribution in [0.5, 0.6) is 0 Å². The zero-order chi connectivity index (χ0) is 13.9. The van der Waals surface area contributed by atoms with E-state index in [4.69, 9.17) is 4.52 Å². The highest BCUT2D eigenvalue weighted by Crippen LogP contribution is 2.09. The van der Waals surface area contributed by atoms with Crippen molar-refractivity contribution in [2.45, 2.75) is 52.7 Å². The van der Waals surface area contributed by atoms with Crippen LogP contribution in [0.1, 0.15) is 45.1 Å². The fourth-order valence-corrected chi connectivity index (χ4v) is 1.76. The van der Waals surface area contributed by atoms with Gasteiger partial charge in [-0.25, -0.2) is 0 Å². The maximum atomic E-state index is 5.23. The van der Waals surface area contributed by atoms with E-state index < -0.39 is 0 Å². The molecule has 0 unspecified atom stereocenters. The number of hydrogen-bond acceptors (Lipinski definition) is 4. The predicted molar refractivity (Wildman–Crippen MR) is 73.8 cm³/mol. The zero-order valence-corrected chi connectivity index (χ0v) is 12.1. The summed E-state index contributed by atoms with van der Waals surface area (Å²) in [6.45, 7) is 9.94. The number of hydrogen-bond donors (Lipinski definition) is 1. The van der Waals surface area contributed by atoms with Crippen LogP contribution in [0, 0.1) is 0 Å². The summed E-state index contributed by atoms with van der Waals surface area (Å²) in [4.78, 5) is 4.33. The lowest BCUT2D eigenvalue weighted by Gasteiger charge is -2.21. The van der Waals surface area contributed by atoms with Crippen LogP contribution < -0.4 is 5.32 Å². The Labute approximate surface area is 114 Å². The Bertz CT molecular complexity index is 522. The molecule has 0 radical (unpaired) electrons. The molecule has 0 aromatic carbocycles. The number of aryl methyl sites for hydroxylation is 1. The second kappa shape index (κ2) is 5.57. The van der Waals surface area contributed by atoms with E-state index in [0.717, 1.165) is 18.8 Å². The van der Waals surface area contributed by atoms with Crippen molar-refractivity contribution in [1.29, 1.82) is 0 Å². The third-order valence-electron chi connectivity index (χ3n) is 2.86. The van der Waals surface area contributed by atoms with Crippen molar-refractivity contribution in [1.82, 2.24) is 20.0 Å². The van der Waals surface area contributed by atoms with Crippen LogP contribution in [-0.2, 0) is 19.5 Å². The second-order valence-electron chi connectivity index (χ2n) is 5.69. The molecule has 104 valence electrons. The lowest BCUT2D eigenvalue weighted by molar-refractivity contribution is 0.362. The van der Waals surface area contributed by atoms with Crippen molar-refractivity contribution in [2.24, 2.45) is 0 Å². The number of nitrogens with one attached hydrogen (secondary N) is 1. The molecule has 0 saturated carbocycles. The summed E-state index contributed by atoms with van der Waals surface area (Å²) in [5.41, 5.74) is 1.32. The van der Waals surface area contributed by atoms with Crippen LogP contribution >= 0.6 is 0 Å². The van der Waals surface area contributed by atoms with Crippen molar-refractivity contribution in [3.63, 3.8) is 0 Å². The normalized spacial score (nSPS) is 12.0. The molecule has 2 rings (SSSR count). The Morgan fingerprint density at radius 3 is 2.79 bits per heavy atom. The first-order chi connectivity index (χ1) is 8.98. The Morgan fingerprint density at radius 1 is 1.37 bits per heavy atom. The summed E-state index contributed by atoms with van der Waals surface area (Å²) in [6, 6.07) is 4.15. The molecular formula is C14H22N4O. The van der Waals surface area contributed by atoms with Crippen molar-refractivity contribution < 1.29 is 4.52 Å². The maximum Gasteiger partial charge on any atom is 0.246 e. The quantitative estimate of drug-likeness (QED) is 0.898. The van der Waals surface area contributed by atoms with Crippen molar-refractivity contribution >= 4 is 0 Å². The summed E-state index contributed by atoms with van der Waals surface area (Å²) in [6.07, 6.45) is 2.84. The summed E-state index contributed by atoms with van der Waals surface area (Å²) in [5.74, 6) is 1.42. The molecular weight excluding hydrogens is 240 g/mol. The van der Waals surface area contributed by atoms with E-state index in [0.29, 0.717) is 12.4 Å². The van der Waals surface area contributed by atoms with Gasteiger partial charge in [0.1, 0.15) is 6.54 Å². The van der Waals surface area contributed by atoms with Crippen molar-refractivity contribution in [3.05, 3.63) is 35.7 Å². The van der Waals surface area contributed by atoms with Gasteiger partial charge in [0, 0.05) is 30.4 Å². The molecule has 2 heterocycles. The van der Waals surface area contributed by atoms with Crippen molar-refractivity contribution in [2.75, 3.05) is 0 Å². The second-order valence-corrected chi connectivity index (χ2v) is 5.69. The maximum absolute atomic E-state index is 5.23. The highest BCUT2D eigenvalue weighted by Gasteiger charge is 2.11. The van der Waals surface area contributed by atoms with E-state index in [1.165, 1.54) is 5.69 Å². The first-order valence-corrected chi connectivity index (χ1v) is 6.68. The summed E-state index contributed by atoms with van der Waals surface area (Å²) < 4.78 is 7.36. The molecule has 19 heavy (non-hydrogen) atoms. The average molecular weight is 262 g/mol. The standard InChI is InChI=1S/C14H22N4O/c1-5-12-16-13(19-17-12)10-18-8-6-7-11(18)9-15-14(2,3)4/h6-8,15H,5,9-10H2,1-4H3. The zero-order valence-electron chi connectivity index (χ0n) is 12.1. The Morgan fingerprint density at radius 2 is 2.16 bits per heavy atom. The molecule has 0 atom stereocenters. The molecule has 0 aliphatic carbocycles. The third-order valence-corrected chi connectivity index (χ3v) is 2.86. The van der Waals surface area contributed by atoms with Gasteiger partial charge in [-0.3, -0.25) is 0 Å². The lowest BCUT2D eigenvalue weighted by atomic mass is 10.1. The molecule has 5 nitrogen and oxygen atoms in total. The van der Waals surface area contributed by atoms with Crippen LogP contribution in [0.15, 0.2) is 22.9 Å². The molecule has 0 aliphatic rings. The smallest absolute Gasteiger partial charge is 0.246 e. The molecule has 0 spiro atoms. The molecule has 0 aliphatic heterocycles. The fourth-order valence-electron chi connectivity index (χ4n) is 1.76. The highest BCUT2D eigenvalue weighted by atomic mass is 16.5. The van der Waals surface area contributed by atoms with Crippen LogP contribution in [0.3, 0.4) is 0 Å². The lowest BCUT2D eigenvalue weighted by Crippen LogP contribution is -2.35. The minimum atomic E-state index is 0.106. The van der Waals surface area contributed by atoms with Gasteiger partial charge in [0.2, 0.25) is 5.89 Å². The van der Waals surface area contributed by atoms with Crippen LogP contribution in [-0.4, -0.2) is 20.2 Å². The van der Waals surface area contributed by atoms with Crippen LogP contribution in [0.2, 0.25) is 0 Å². The average Bonchev–Trinajstić information content (AvgIpc) is 2.95. The summed E-state index contributed by atoms with van der Waals surface area (Å²) >= 11 is 0. The molecule has 0 saturated heterocycles. The minimum absolute atomic E-state index is 0.106. The molecule has 0 bridgehead atoms. The van der Waals surface area contributed by atoms with Gasteiger partial charge < -0.3 is 14.4 Å². The van der Waals surface area contributed by atoms with Crippen LogP contribution in [0.25, 0.3) is 0 Å². The first kappa shape index (κ1) is 13.8. The number of rotatable bonds is 5. The monoisotopic (exact) mass is 262 g/mol. The van der Waals surface area contributed by atoms with Crippen molar-refractivity contribution in [3.8, 4) is 0 Å². The van der Waals surface area contributed by atoms with E-state index in [2.05, 4.69) is 46.9 Å². The van der Waals surface area contributed by atoms with Gasteiger partial charge in [-0.15, -0.1) is 0 Å². The van der Waals surface area contributed by atoms with E-state index in [1.54, 1.807) is 0 Å². The number of aromatic nitrogens is 3. The van der Waals surface area contributed by atoms with E-state index in [9.17, 15) is 0 Å². The van der Waals surface area contributed by atoms with Gasteiger partial charge in [-0.2, -0.15) is 4.98 Å². The van der Waals surface area contributed by atoms with E-state index in [1.807, 2.05) is 19.2 Å². The van der Waals surface area contributed by atoms with Gasteiger partial charge in [0.15, 0.2) is 5.82 Å². The Kier molecular flexibility index (Phi) is 4.04. The third kappa shape index (κ3) is 3.92. The molecule has 0 fully saturated rings. The van der Waals surface area contributed by atoms with Gasteiger partial charge in [0.25, 0.3) is 0 Å². The summed E-state index contributed by atoms with van der Waals surface area (Å²) in [5, 5.41) is 7.39. The molecule has 2 aromatic heterocycles. The van der Waals surface area contributed by atoms with Gasteiger partial charge in [0.05, 0.1) is 0 Å². The predicted octanol–water partition coefficient (Wildman–Crippen LogP) is 2.37. The highest BCUT2D eigenvalue weighted by molar-refractivity contribution is 5.08. The molecule has 0 amide bonds. The minimum Gasteiger partial charge on any atom is -0.341 e. The molecule has 1 N–H and O–H groups in total. The molecule has 2 aromatic rings. The van der Waals surface area contributed by atoms with Gasteiger partial charge >= 0.3 is 0 Å². The van der Waals surface area contributed by atoms with Gasteiger partial charge in [-0.1, -0.05) is 12.1 Å². The first-order valence-electron chi connectivity index (χ1n) is 6.68.